The number of furan rings is 1. The minimum Gasteiger partial charge on any atom is -0.463 e. The molecule has 5 rings (SSSR count). The molecule has 0 saturated carbocycles. The maximum absolute atomic E-state index is 13.7. The lowest BCUT2D eigenvalue weighted by Crippen LogP contribution is -2.35. The van der Waals surface area contributed by atoms with Gasteiger partial charge >= 0.3 is 0 Å². The van der Waals surface area contributed by atoms with Crippen molar-refractivity contribution in [2.24, 2.45) is 7.05 Å². The second-order valence-corrected chi connectivity index (χ2v) is 7.13. The molecule has 0 N–H and O–H groups in total. The molecule has 1 aliphatic heterocycles. The minimum atomic E-state index is -0.0246. The summed E-state index contributed by atoms with van der Waals surface area (Å²) in [4.78, 5) is 20.3. The van der Waals surface area contributed by atoms with Gasteiger partial charge in [-0.05, 0) is 49.6 Å². The number of aromatic nitrogens is 3. The molecule has 0 radical (unpaired) electrons. The molecule has 0 atom stereocenters. The zero-order valence-corrected chi connectivity index (χ0v) is 15.8. The summed E-state index contributed by atoms with van der Waals surface area (Å²) in [5, 5.41) is 5.30. The Hall–Kier alpha value is -3.41. The van der Waals surface area contributed by atoms with Crippen LogP contribution in [-0.4, -0.2) is 27.2 Å². The maximum atomic E-state index is 13.7. The van der Waals surface area contributed by atoms with Gasteiger partial charge in [0.15, 0.2) is 11.4 Å². The van der Waals surface area contributed by atoms with Crippen LogP contribution in [0.5, 0.6) is 0 Å². The number of anilines is 1. The molecule has 1 amide bonds. The van der Waals surface area contributed by atoms with Crippen molar-refractivity contribution in [3.63, 3.8) is 0 Å². The van der Waals surface area contributed by atoms with Crippen LogP contribution in [0.3, 0.4) is 0 Å². The van der Waals surface area contributed by atoms with Crippen LogP contribution in [0.15, 0.2) is 53.1 Å². The average Bonchev–Trinajstić information content (AvgIpc) is 3.35. The highest BCUT2D eigenvalue weighted by Crippen LogP contribution is 2.32. The van der Waals surface area contributed by atoms with Crippen molar-refractivity contribution in [3.8, 4) is 11.5 Å². The van der Waals surface area contributed by atoms with Gasteiger partial charge < -0.3 is 9.32 Å². The fourth-order valence-corrected chi connectivity index (χ4v) is 4.05. The van der Waals surface area contributed by atoms with Crippen LogP contribution in [-0.2, 0) is 13.5 Å². The third-order valence-corrected chi connectivity index (χ3v) is 5.33. The second kappa shape index (κ2) is 6.34. The van der Waals surface area contributed by atoms with Gasteiger partial charge in [-0.25, -0.2) is 4.98 Å². The standard InChI is InChI=1S/C22H20N4O2/c1-14-20-16(22(27)26-11-5-8-15-7-3-4-9-18(15)26)13-17(19-10-6-12-28-19)23-21(20)25(2)24-14/h3-4,6-7,9-10,12-13H,5,8,11H2,1-2H3. The number of benzene rings is 1. The molecule has 3 aromatic heterocycles. The molecule has 4 aromatic rings. The average molecular weight is 372 g/mol. The maximum Gasteiger partial charge on any atom is 0.259 e. The summed E-state index contributed by atoms with van der Waals surface area (Å²) >= 11 is 0. The van der Waals surface area contributed by atoms with Crippen LogP contribution >= 0.6 is 0 Å². The van der Waals surface area contributed by atoms with Gasteiger partial charge in [0, 0.05) is 19.3 Å². The predicted molar refractivity (Wildman–Crippen MR) is 107 cm³/mol. The first-order valence-corrected chi connectivity index (χ1v) is 9.41. The third kappa shape index (κ3) is 2.52. The Morgan fingerprint density at radius 3 is 2.86 bits per heavy atom. The van der Waals surface area contributed by atoms with Crippen LogP contribution in [0.4, 0.5) is 5.69 Å². The fraction of sp³-hybridized carbons (Fsp3) is 0.227. The van der Waals surface area contributed by atoms with Crippen LogP contribution in [0.1, 0.15) is 28.0 Å². The van der Waals surface area contributed by atoms with E-state index in [-0.39, 0.29) is 5.91 Å². The van der Waals surface area contributed by atoms with Crippen molar-refractivity contribution in [2.75, 3.05) is 11.4 Å². The number of rotatable bonds is 2. The lowest BCUT2D eigenvalue weighted by Gasteiger charge is -2.29. The van der Waals surface area contributed by atoms with E-state index >= 15 is 0 Å². The fourth-order valence-electron chi connectivity index (χ4n) is 4.05. The van der Waals surface area contributed by atoms with E-state index in [2.05, 4.69) is 11.2 Å². The SMILES string of the molecule is Cc1nn(C)c2nc(-c3ccco3)cc(C(=O)N3CCCc4ccccc43)c12. The van der Waals surface area contributed by atoms with Crippen molar-refractivity contribution in [2.45, 2.75) is 19.8 Å². The van der Waals surface area contributed by atoms with Crippen molar-refractivity contribution < 1.29 is 9.21 Å². The van der Waals surface area contributed by atoms with Gasteiger partial charge in [-0.2, -0.15) is 5.10 Å². The lowest BCUT2D eigenvalue weighted by molar-refractivity contribution is 0.0986. The molecular formula is C22H20N4O2. The number of hydrogen-bond acceptors (Lipinski definition) is 4. The molecule has 0 unspecified atom stereocenters. The van der Waals surface area contributed by atoms with E-state index in [0.717, 1.165) is 29.6 Å². The minimum absolute atomic E-state index is 0.0246. The van der Waals surface area contributed by atoms with E-state index in [1.807, 2.05) is 55.3 Å². The van der Waals surface area contributed by atoms with E-state index in [1.54, 1.807) is 10.9 Å². The molecule has 1 aliphatic rings. The Morgan fingerprint density at radius 2 is 2.04 bits per heavy atom. The van der Waals surface area contributed by atoms with Gasteiger partial charge in [0.05, 0.1) is 22.9 Å². The Morgan fingerprint density at radius 1 is 1.18 bits per heavy atom. The van der Waals surface area contributed by atoms with E-state index in [0.29, 0.717) is 29.2 Å². The summed E-state index contributed by atoms with van der Waals surface area (Å²) in [6.07, 6.45) is 3.56. The molecule has 1 aromatic carbocycles. The van der Waals surface area contributed by atoms with Gasteiger partial charge in [-0.15, -0.1) is 0 Å². The number of pyridine rings is 1. The van der Waals surface area contributed by atoms with Crippen LogP contribution in [0.2, 0.25) is 0 Å². The zero-order valence-electron chi connectivity index (χ0n) is 15.8. The first-order chi connectivity index (χ1) is 13.6. The summed E-state index contributed by atoms with van der Waals surface area (Å²) in [6.45, 7) is 2.62. The monoisotopic (exact) mass is 372 g/mol. The third-order valence-electron chi connectivity index (χ3n) is 5.33. The number of carbonyl (C=O) groups excluding carboxylic acids is 1. The number of para-hydroxylation sites is 1. The molecule has 140 valence electrons. The predicted octanol–water partition coefficient (Wildman–Crippen LogP) is 4.13. The first-order valence-electron chi connectivity index (χ1n) is 9.41. The number of hydrogen-bond donors (Lipinski definition) is 0. The van der Waals surface area contributed by atoms with E-state index in [9.17, 15) is 4.79 Å². The molecule has 6 nitrogen and oxygen atoms in total. The molecule has 28 heavy (non-hydrogen) atoms. The highest BCUT2D eigenvalue weighted by molar-refractivity contribution is 6.14. The van der Waals surface area contributed by atoms with Crippen molar-refractivity contribution in [1.29, 1.82) is 0 Å². The van der Waals surface area contributed by atoms with E-state index < -0.39 is 0 Å². The first kappa shape index (κ1) is 16.7. The van der Waals surface area contributed by atoms with E-state index in [1.165, 1.54) is 5.56 Å². The van der Waals surface area contributed by atoms with Gasteiger partial charge in [0.25, 0.3) is 5.91 Å². The van der Waals surface area contributed by atoms with Crippen LogP contribution in [0, 0.1) is 6.92 Å². The molecule has 0 saturated heterocycles. The topological polar surface area (TPSA) is 64.2 Å². The zero-order chi connectivity index (χ0) is 19.3. The largest absolute Gasteiger partial charge is 0.463 e. The molecule has 0 fully saturated rings. The lowest BCUT2D eigenvalue weighted by atomic mass is 10.00. The quantitative estimate of drug-likeness (QED) is 0.531. The molecular weight excluding hydrogens is 352 g/mol. The van der Waals surface area contributed by atoms with Gasteiger partial charge in [0.1, 0.15) is 5.69 Å². The Labute approximate surface area is 162 Å². The summed E-state index contributed by atoms with van der Waals surface area (Å²) in [6, 6.07) is 13.6. The van der Waals surface area contributed by atoms with Gasteiger partial charge in [-0.3, -0.25) is 9.48 Å². The summed E-state index contributed by atoms with van der Waals surface area (Å²) < 4.78 is 7.25. The van der Waals surface area contributed by atoms with Gasteiger partial charge in [-0.1, -0.05) is 18.2 Å². The van der Waals surface area contributed by atoms with Crippen LogP contribution in [0.25, 0.3) is 22.5 Å². The highest BCUT2D eigenvalue weighted by Gasteiger charge is 2.27. The number of fused-ring (bicyclic) bond motifs is 2. The molecule has 6 heteroatoms. The number of nitrogens with zero attached hydrogens (tertiary/aromatic N) is 4. The number of amides is 1. The normalized spacial score (nSPS) is 13.7. The highest BCUT2D eigenvalue weighted by atomic mass is 16.3. The smallest absolute Gasteiger partial charge is 0.259 e. The van der Waals surface area contributed by atoms with Crippen molar-refractivity contribution in [1.82, 2.24) is 14.8 Å². The molecule has 0 spiro atoms. The Balaban J connectivity index is 1.71. The van der Waals surface area contributed by atoms with Crippen molar-refractivity contribution in [3.05, 3.63) is 65.5 Å². The number of aryl methyl sites for hydroxylation is 3. The second-order valence-electron chi connectivity index (χ2n) is 7.13. The molecule has 4 heterocycles. The Kier molecular flexibility index (Phi) is 3.79. The molecule has 0 aliphatic carbocycles. The van der Waals surface area contributed by atoms with E-state index in [4.69, 9.17) is 9.40 Å². The molecule has 0 bridgehead atoms. The van der Waals surface area contributed by atoms with Crippen molar-refractivity contribution >= 4 is 22.6 Å². The Bertz CT molecular complexity index is 1190. The van der Waals surface area contributed by atoms with Crippen LogP contribution < -0.4 is 4.90 Å². The number of carbonyl (C=O) groups is 1. The summed E-state index contributed by atoms with van der Waals surface area (Å²) in [5.74, 6) is 0.609. The van der Waals surface area contributed by atoms with Gasteiger partial charge in [0.2, 0.25) is 0 Å². The summed E-state index contributed by atoms with van der Waals surface area (Å²) in [7, 11) is 1.85. The summed E-state index contributed by atoms with van der Waals surface area (Å²) in [5.41, 5.74) is 4.92.